The lowest BCUT2D eigenvalue weighted by molar-refractivity contribution is -0.143. The molecule has 1 atom stereocenters. The summed E-state index contributed by atoms with van der Waals surface area (Å²) < 4.78 is 5.30. The highest BCUT2D eigenvalue weighted by Gasteiger charge is 2.23. The molecule has 4 nitrogen and oxygen atoms in total. The zero-order valence-corrected chi connectivity index (χ0v) is 12.1. The molecule has 0 fully saturated rings. The van der Waals surface area contributed by atoms with Crippen molar-refractivity contribution in [3.05, 3.63) is 29.8 Å². The van der Waals surface area contributed by atoms with Crippen molar-refractivity contribution in [3.63, 3.8) is 0 Å². The van der Waals surface area contributed by atoms with E-state index in [2.05, 4.69) is 5.32 Å². The average molecular weight is 265 g/mol. The Morgan fingerprint density at radius 3 is 2.68 bits per heavy atom. The second-order valence-electron chi connectivity index (χ2n) is 5.54. The zero-order chi connectivity index (χ0) is 14.5. The van der Waals surface area contributed by atoms with Gasteiger partial charge in [0.15, 0.2) is 0 Å². The van der Waals surface area contributed by atoms with Crippen LogP contribution < -0.4 is 10.1 Å². The van der Waals surface area contributed by atoms with Gasteiger partial charge in [-0.3, -0.25) is 4.79 Å². The van der Waals surface area contributed by atoms with Gasteiger partial charge in [0.05, 0.1) is 11.5 Å². The van der Waals surface area contributed by atoms with Crippen molar-refractivity contribution in [2.45, 2.75) is 33.8 Å². The van der Waals surface area contributed by atoms with Crippen LogP contribution in [0.15, 0.2) is 24.3 Å². The van der Waals surface area contributed by atoms with Crippen LogP contribution in [0.4, 0.5) is 0 Å². The van der Waals surface area contributed by atoms with Gasteiger partial charge in [-0.05, 0) is 45.0 Å². The Hall–Kier alpha value is -1.39. The number of carbonyl (C=O) groups is 1. The quantitative estimate of drug-likeness (QED) is 0.633. The fourth-order valence-electron chi connectivity index (χ4n) is 1.44. The van der Waals surface area contributed by atoms with Crippen LogP contribution in [0.2, 0.25) is 0 Å². The summed E-state index contributed by atoms with van der Waals surface area (Å²) in [5.74, 6) is 0.179. The minimum Gasteiger partial charge on any atom is -0.426 e. The minimum absolute atomic E-state index is 0.286. The SMILES string of the molecule is CCNC[C@H](O)c1cccc(OC(=O)C(C)(C)C)c1. The number of aliphatic hydroxyl groups is 1. The highest BCUT2D eigenvalue weighted by atomic mass is 16.5. The molecule has 0 amide bonds. The molecular formula is C15H23NO3. The molecule has 0 bridgehead atoms. The molecule has 0 aliphatic rings. The Labute approximate surface area is 114 Å². The van der Waals surface area contributed by atoms with Gasteiger partial charge >= 0.3 is 5.97 Å². The van der Waals surface area contributed by atoms with Crippen molar-refractivity contribution in [1.82, 2.24) is 5.32 Å². The second kappa shape index (κ2) is 6.68. The Kier molecular flexibility index (Phi) is 5.51. The first-order chi connectivity index (χ1) is 8.84. The molecule has 0 radical (unpaired) electrons. The van der Waals surface area contributed by atoms with E-state index in [0.717, 1.165) is 12.1 Å². The van der Waals surface area contributed by atoms with Crippen LogP contribution in [0.5, 0.6) is 5.75 Å². The van der Waals surface area contributed by atoms with Crippen molar-refractivity contribution >= 4 is 5.97 Å². The molecule has 0 aliphatic carbocycles. The Morgan fingerprint density at radius 1 is 1.42 bits per heavy atom. The number of aliphatic hydroxyl groups excluding tert-OH is 1. The molecule has 1 aromatic rings. The first-order valence-corrected chi connectivity index (χ1v) is 6.55. The number of benzene rings is 1. The van der Waals surface area contributed by atoms with Crippen LogP contribution in [0.25, 0.3) is 0 Å². The predicted molar refractivity (Wildman–Crippen MR) is 75.0 cm³/mol. The third-order valence-electron chi connectivity index (χ3n) is 2.65. The van der Waals surface area contributed by atoms with Crippen LogP contribution in [-0.4, -0.2) is 24.2 Å². The first kappa shape index (κ1) is 15.7. The summed E-state index contributed by atoms with van der Waals surface area (Å²) in [5, 5.41) is 13.0. The number of nitrogens with one attached hydrogen (secondary N) is 1. The zero-order valence-electron chi connectivity index (χ0n) is 12.1. The fraction of sp³-hybridized carbons (Fsp3) is 0.533. The molecule has 0 aliphatic heterocycles. The smallest absolute Gasteiger partial charge is 0.316 e. The van der Waals surface area contributed by atoms with Crippen molar-refractivity contribution in [3.8, 4) is 5.75 Å². The van der Waals surface area contributed by atoms with Gasteiger partial charge in [-0.2, -0.15) is 0 Å². The summed E-state index contributed by atoms with van der Waals surface area (Å²) in [6.07, 6.45) is -0.603. The maximum Gasteiger partial charge on any atom is 0.316 e. The molecule has 1 aromatic carbocycles. The maximum atomic E-state index is 11.8. The summed E-state index contributed by atoms with van der Waals surface area (Å²) in [6, 6.07) is 7.00. The standard InChI is InChI=1S/C15H23NO3/c1-5-16-10-13(17)11-7-6-8-12(9-11)19-14(18)15(2,3)4/h6-9,13,16-17H,5,10H2,1-4H3/t13-/m0/s1. The van der Waals surface area contributed by atoms with Gasteiger partial charge < -0.3 is 15.2 Å². The Bertz CT molecular complexity index is 424. The average Bonchev–Trinajstić information content (AvgIpc) is 2.35. The van der Waals surface area contributed by atoms with Gasteiger partial charge in [0.25, 0.3) is 0 Å². The molecule has 106 valence electrons. The van der Waals surface area contributed by atoms with Crippen molar-refractivity contribution in [1.29, 1.82) is 0 Å². The van der Waals surface area contributed by atoms with Crippen LogP contribution in [0.3, 0.4) is 0 Å². The molecule has 0 saturated heterocycles. The van der Waals surface area contributed by atoms with Crippen molar-refractivity contribution in [2.75, 3.05) is 13.1 Å². The monoisotopic (exact) mass is 265 g/mol. The van der Waals surface area contributed by atoms with Gasteiger partial charge in [-0.25, -0.2) is 0 Å². The van der Waals surface area contributed by atoms with Gasteiger partial charge in [-0.1, -0.05) is 19.1 Å². The molecule has 2 N–H and O–H groups in total. The third-order valence-corrected chi connectivity index (χ3v) is 2.65. The lowest BCUT2D eigenvalue weighted by Gasteiger charge is -2.17. The van der Waals surface area contributed by atoms with E-state index in [1.165, 1.54) is 0 Å². The Morgan fingerprint density at radius 2 is 2.11 bits per heavy atom. The Balaban J connectivity index is 2.74. The van der Waals surface area contributed by atoms with Crippen LogP contribution in [0.1, 0.15) is 39.4 Å². The second-order valence-corrected chi connectivity index (χ2v) is 5.54. The number of likely N-dealkylation sites (N-methyl/N-ethyl adjacent to an activating group) is 1. The highest BCUT2D eigenvalue weighted by molar-refractivity contribution is 5.77. The lowest BCUT2D eigenvalue weighted by atomic mass is 9.97. The summed E-state index contributed by atoms with van der Waals surface area (Å²) in [6.45, 7) is 8.68. The number of esters is 1. The molecular weight excluding hydrogens is 242 g/mol. The summed E-state index contributed by atoms with van der Waals surface area (Å²) in [4.78, 5) is 11.8. The molecule has 0 spiro atoms. The molecule has 0 heterocycles. The molecule has 1 rings (SSSR count). The van der Waals surface area contributed by atoms with Gasteiger partial charge in [0.2, 0.25) is 0 Å². The number of carbonyl (C=O) groups excluding carboxylic acids is 1. The summed E-state index contributed by atoms with van der Waals surface area (Å²) in [5.41, 5.74) is 0.193. The summed E-state index contributed by atoms with van der Waals surface area (Å²) >= 11 is 0. The third kappa shape index (κ3) is 5.01. The van der Waals surface area contributed by atoms with Gasteiger partial charge in [0.1, 0.15) is 5.75 Å². The van der Waals surface area contributed by atoms with E-state index >= 15 is 0 Å². The summed E-state index contributed by atoms with van der Waals surface area (Å²) in [7, 11) is 0. The van der Waals surface area contributed by atoms with Crippen LogP contribution in [0, 0.1) is 5.41 Å². The largest absolute Gasteiger partial charge is 0.426 e. The van der Waals surface area contributed by atoms with E-state index in [9.17, 15) is 9.90 Å². The normalized spacial score (nSPS) is 13.1. The van der Waals surface area contributed by atoms with Gasteiger partial charge in [0, 0.05) is 6.54 Å². The van der Waals surface area contributed by atoms with E-state index in [0.29, 0.717) is 12.3 Å². The topological polar surface area (TPSA) is 58.6 Å². The minimum atomic E-state index is -0.603. The van der Waals surface area contributed by atoms with E-state index < -0.39 is 11.5 Å². The number of rotatable bonds is 5. The molecule has 0 saturated carbocycles. The maximum absolute atomic E-state index is 11.8. The molecule has 19 heavy (non-hydrogen) atoms. The highest BCUT2D eigenvalue weighted by Crippen LogP contribution is 2.22. The fourth-order valence-corrected chi connectivity index (χ4v) is 1.44. The first-order valence-electron chi connectivity index (χ1n) is 6.55. The van der Waals surface area contributed by atoms with Crippen LogP contribution >= 0.6 is 0 Å². The molecule has 4 heteroatoms. The van der Waals surface area contributed by atoms with E-state index in [4.69, 9.17) is 4.74 Å². The van der Waals surface area contributed by atoms with Crippen LogP contribution in [-0.2, 0) is 4.79 Å². The molecule has 0 unspecified atom stereocenters. The van der Waals surface area contributed by atoms with E-state index in [1.54, 1.807) is 39.0 Å². The number of hydrogen-bond acceptors (Lipinski definition) is 4. The number of ether oxygens (including phenoxy) is 1. The van der Waals surface area contributed by atoms with Crippen molar-refractivity contribution in [2.24, 2.45) is 5.41 Å². The number of hydrogen-bond donors (Lipinski definition) is 2. The van der Waals surface area contributed by atoms with Crippen molar-refractivity contribution < 1.29 is 14.6 Å². The van der Waals surface area contributed by atoms with E-state index in [-0.39, 0.29) is 5.97 Å². The van der Waals surface area contributed by atoms with E-state index in [1.807, 2.05) is 13.0 Å². The predicted octanol–water partition coefficient (Wildman–Crippen LogP) is 2.28. The lowest BCUT2D eigenvalue weighted by Crippen LogP contribution is -2.25. The van der Waals surface area contributed by atoms with Gasteiger partial charge in [-0.15, -0.1) is 0 Å². The molecule has 0 aromatic heterocycles.